The molecule has 14 aromatic rings. The van der Waals surface area contributed by atoms with Crippen LogP contribution in [-0.4, -0.2) is 120 Å². The lowest BCUT2D eigenvalue weighted by Crippen LogP contribution is -3.00. The minimum atomic E-state index is -0.263. The number of carbonyl (C=O) groups excluding carboxylic acids is 3. The number of aliphatic hydroxyl groups excluding tert-OH is 1. The minimum absolute atomic E-state index is 0. The fraction of sp³-hybridized carbons (Fsp3) is 0.344. The van der Waals surface area contributed by atoms with E-state index < -0.39 is 0 Å². The van der Waals surface area contributed by atoms with E-state index in [-0.39, 0.29) is 36.6 Å². The molecule has 0 radical (unpaired) electrons. The first-order chi connectivity index (χ1) is 56.5. The maximum atomic E-state index is 11.2. The van der Waals surface area contributed by atoms with Crippen molar-refractivity contribution in [3.05, 3.63) is 271 Å². The summed E-state index contributed by atoms with van der Waals surface area (Å²) >= 11 is 18.9. The number of ether oxygens (including phenoxy) is 1. The summed E-state index contributed by atoms with van der Waals surface area (Å²) in [7, 11) is 1.40. The zero-order valence-electron chi connectivity index (χ0n) is 71.6. The van der Waals surface area contributed by atoms with Gasteiger partial charge in [-0.15, -0.1) is 92.4 Å². The van der Waals surface area contributed by atoms with Gasteiger partial charge in [0.2, 0.25) is 0 Å². The number of benzene rings is 8. The van der Waals surface area contributed by atoms with Crippen LogP contribution in [0.4, 0.5) is 0 Å². The predicted molar refractivity (Wildman–Crippen MR) is 528 cm³/mol. The molecule has 19 rings (SSSR count). The fourth-order valence-electron chi connectivity index (χ4n) is 12.3. The van der Waals surface area contributed by atoms with Gasteiger partial charge in [-0.05, 0) is 141 Å². The number of carbonyl (C=O) groups is 3. The van der Waals surface area contributed by atoms with E-state index in [9.17, 15) is 14.4 Å². The van der Waals surface area contributed by atoms with Gasteiger partial charge in [0.05, 0.1) is 33.7 Å². The Labute approximate surface area is 760 Å². The van der Waals surface area contributed by atoms with Gasteiger partial charge in [-0.1, -0.05) is 279 Å². The van der Waals surface area contributed by atoms with Crippen molar-refractivity contribution in [2.24, 2.45) is 0 Å². The maximum absolute atomic E-state index is 11.2. The number of alkyl halides is 1. The van der Waals surface area contributed by atoms with Gasteiger partial charge in [-0.25, -0.2) is 19.5 Å². The summed E-state index contributed by atoms with van der Waals surface area (Å²) in [6.07, 6.45) is 8.04. The van der Waals surface area contributed by atoms with Gasteiger partial charge in [-0.3, -0.25) is 14.1 Å². The number of quaternary nitrogens is 1. The molecule has 8 aromatic carbocycles. The van der Waals surface area contributed by atoms with Crippen LogP contribution in [0.15, 0.2) is 240 Å². The van der Waals surface area contributed by atoms with E-state index in [1.165, 1.54) is 159 Å². The van der Waals surface area contributed by atoms with Crippen molar-refractivity contribution < 1.29 is 52.7 Å². The van der Waals surface area contributed by atoms with E-state index >= 15 is 0 Å². The average molecular weight is 1940 g/mol. The van der Waals surface area contributed by atoms with Gasteiger partial charge in [-0.2, -0.15) is 0 Å². The van der Waals surface area contributed by atoms with Gasteiger partial charge < -0.3 is 39.1 Å². The summed E-state index contributed by atoms with van der Waals surface area (Å²) in [6.45, 7) is 43.0. The number of fused-ring (bicyclic) bond motifs is 8. The van der Waals surface area contributed by atoms with E-state index in [2.05, 4.69) is 199 Å². The number of aryl methyl sites for hydroxylation is 1. The Morgan fingerprint density at radius 3 is 1.33 bits per heavy atom. The summed E-state index contributed by atoms with van der Waals surface area (Å²) in [5, 5.41) is 22.3. The van der Waals surface area contributed by atoms with Crippen LogP contribution in [0.25, 0.3) is 60.5 Å². The summed E-state index contributed by atoms with van der Waals surface area (Å²) in [4.78, 5) is 47.8. The standard InChI is InChI=1S/C16H21N4S.C11H11NS.C10H9IS.C10H8O2S.C10H10OS.C8H8OS.C8H6S.C7H6OS.8C2H6.HI/c1-2-4-16-14(3-1)7-15(21-16)5-6-20-11-17-8-18(12-20)10-19(9-17)13-20;1-2-4-10-8(3-1)9-7-12-6-5-11(9)13-10;11-6-5-9-7-8-3-1-2-4-10(8)12-9;1-12-10(11)9-6-7-4-2-3-5-8(7)13-9;11-6-5-9-7-8-3-1-2-4-10(8)12-9;1-10-8-5-3-2-4-7(8)6-9;1-2-4-8-7(3-1)5-6-9-8;8-5-6-3-1-2-4-7(6)9;8*1-2;/h1-4,7H,5-6,8-13H2;1-4,12H,5-7H2;1-4,7H,5-6H2;2-6H,1H3;1-4,7,11H,5-6H2;2-6H,1H3;1-6H;1-5,9H;8*1-2H3;1H/q+1;;;;;;;;;;;;;;;;/p-1. The lowest BCUT2D eigenvalue weighted by atomic mass is 10.1. The summed E-state index contributed by atoms with van der Waals surface area (Å²) < 4.78 is 15.2. The number of aliphatic hydroxyl groups is 1. The van der Waals surface area contributed by atoms with E-state index in [4.69, 9.17) is 5.11 Å². The number of halogens is 2. The molecule has 0 unspecified atom stereocenters. The van der Waals surface area contributed by atoms with Crippen molar-refractivity contribution in [2.45, 2.75) is 153 Å². The number of methoxy groups -OCH3 is 1. The van der Waals surface area contributed by atoms with Crippen molar-refractivity contribution in [1.82, 2.24) is 20.0 Å². The van der Waals surface area contributed by atoms with Gasteiger partial charge in [0.1, 0.15) is 24.9 Å². The molecule has 10 nitrogen and oxygen atoms in total. The van der Waals surface area contributed by atoms with Crippen molar-refractivity contribution in [2.75, 3.05) is 77.5 Å². The lowest BCUT2D eigenvalue weighted by Gasteiger charge is -2.60. The molecule has 4 fully saturated rings. The molecule has 0 amide bonds. The number of nitrogens with zero attached hydrogens (tertiary/aromatic N) is 4. The second kappa shape index (κ2) is 63.3. The summed E-state index contributed by atoms with van der Waals surface area (Å²) in [6, 6.07) is 76.2. The number of esters is 1. The first-order valence-corrected chi connectivity index (χ1v) is 48.8. The van der Waals surface area contributed by atoms with Crippen molar-refractivity contribution in [3.63, 3.8) is 0 Å². The third kappa shape index (κ3) is 34.4. The smallest absolute Gasteiger partial charge is 0.348 e. The van der Waals surface area contributed by atoms with E-state index in [1.54, 1.807) is 56.3 Å². The number of thiol groups is 1. The Morgan fingerprint density at radius 2 is 0.905 bits per heavy atom. The Balaban J connectivity index is 0.000000443. The molecule has 6 aromatic heterocycles. The molecule has 0 atom stereocenters. The molecule has 20 heteroatoms. The highest BCUT2D eigenvalue weighted by Gasteiger charge is 2.48. The van der Waals surface area contributed by atoms with Gasteiger partial charge in [0, 0.05) is 106 Å². The first kappa shape index (κ1) is 106. The second-order valence-electron chi connectivity index (χ2n) is 23.9. The fourth-order valence-corrected chi connectivity index (χ4v) is 20.2. The van der Waals surface area contributed by atoms with Gasteiger partial charge in [0.25, 0.3) is 0 Å². The molecule has 0 saturated carbocycles. The maximum Gasteiger partial charge on any atom is 0.348 e. The highest BCUT2D eigenvalue weighted by molar-refractivity contribution is 14.1. The Bertz CT molecular complexity index is 4640. The molecule has 0 aliphatic carbocycles. The van der Waals surface area contributed by atoms with Crippen LogP contribution in [0.2, 0.25) is 0 Å². The minimum Gasteiger partial charge on any atom is -1.00 e. The molecule has 5 aliphatic heterocycles. The number of thioether (sulfide) groups is 1. The van der Waals surface area contributed by atoms with E-state index in [1.807, 2.05) is 230 Å². The molecule has 11 heterocycles. The number of hydrogen-bond donors (Lipinski definition) is 3. The summed E-state index contributed by atoms with van der Waals surface area (Å²) in [5.74, 6) is -0.263. The highest BCUT2D eigenvalue weighted by atomic mass is 127. The topological polar surface area (TPSA) is 102 Å². The molecule has 0 spiro atoms. The zero-order chi connectivity index (χ0) is 84.8. The van der Waals surface area contributed by atoms with Crippen molar-refractivity contribution in [3.8, 4) is 0 Å². The quantitative estimate of drug-likeness (QED) is 0.0221. The van der Waals surface area contributed by atoms with E-state index in [0.29, 0.717) is 10.4 Å². The number of aldehydes is 2. The summed E-state index contributed by atoms with van der Waals surface area (Å²) in [5.41, 5.74) is 2.95. The third-order valence-corrected chi connectivity index (χ3v) is 25.3. The van der Waals surface area contributed by atoms with Gasteiger partial charge >= 0.3 is 5.97 Å². The highest BCUT2D eigenvalue weighted by Crippen LogP contribution is 2.35. The molecule has 116 heavy (non-hydrogen) atoms. The van der Waals surface area contributed by atoms with Crippen LogP contribution in [0, 0.1) is 0 Å². The van der Waals surface area contributed by atoms with Gasteiger partial charge in [0.15, 0.2) is 12.6 Å². The molecule has 4 bridgehead atoms. The number of thiophene rings is 6. The first-order valence-electron chi connectivity index (χ1n) is 40.7. The van der Waals surface area contributed by atoms with E-state index in [0.717, 1.165) is 57.5 Å². The van der Waals surface area contributed by atoms with Crippen LogP contribution in [-0.2, 0) is 37.0 Å². The number of nitrogens with one attached hydrogen (secondary N) is 1. The number of hydrogen-bond acceptors (Lipinski definition) is 17. The molecule has 4 saturated heterocycles. The molecule has 628 valence electrons. The average Bonchev–Trinajstić information content (AvgIpc) is 1.08. The van der Waals surface area contributed by atoms with Crippen molar-refractivity contribution in [1.29, 1.82) is 0 Å². The third-order valence-electron chi connectivity index (χ3n) is 16.8. The SMILES string of the molecule is CC.CC.CC.CC.CC.CC.CC.CC.COC(=O)c1cc2ccccc2s1.CSc1ccccc1C=O.ICCc1cc2ccccc2s1.O=Cc1ccccc1S.OCCc1cc2ccccc2s1.[I-].c1ccc2c3c(sc2c1)CCNC3.c1ccc2sc(CC[N+]34CN5CN(CN(C5)C3)C4)cc2c1.c1ccc2sccc2c1. The van der Waals surface area contributed by atoms with Crippen LogP contribution >= 0.6 is 115 Å². The predicted octanol–water partition coefficient (Wildman–Crippen LogP) is 25.6. The molecular weight excluding hydrogens is 1810 g/mol. The Morgan fingerprint density at radius 1 is 0.500 bits per heavy atom. The Hall–Kier alpha value is -5.75. The van der Waals surface area contributed by atoms with Crippen LogP contribution < -0.4 is 29.3 Å². The Kier molecular flexibility index (Phi) is 58.0. The normalized spacial score (nSPS) is 14.6. The van der Waals surface area contributed by atoms with Crippen LogP contribution in [0.5, 0.6) is 0 Å². The molecular formula is C96H127I2N5O5S8. The monoisotopic (exact) mass is 1940 g/mol. The van der Waals surface area contributed by atoms with Crippen LogP contribution in [0.1, 0.15) is 166 Å². The second-order valence-corrected chi connectivity index (χ2v) is 33.0. The van der Waals surface area contributed by atoms with Crippen LogP contribution in [0.3, 0.4) is 0 Å². The lowest BCUT2D eigenvalue weighted by molar-refractivity contribution is -0.980. The zero-order valence-corrected chi connectivity index (χ0v) is 82.6. The molecule has 2 N–H and O–H groups in total. The number of rotatable bonds is 11. The van der Waals surface area contributed by atoms with Crippen molar-refractivity contribution >= 4 is 194 Å². The largest absolute Gasteiger partial charge is 1.00 e. The molecule has 5 aliphatic rings.